The smallest absolute Gasteiger partial charge is 0.347 e. The van der Waals surface area contributed by atoms with Gasteiger partial charge in [-0.2, -0.15) is 5.26 Å². The van der Waals surface area contributed by atoms with E-state index in [2.05, 4.69) is 19.9 Å². The van der Waals surface area contributed by atoms with Gasteiger partial charge >= 0.3 is 5.97 Å². The molecule has 0 saturated carbocycles. The molecule has 0 spiro atoms. The van der Waals surface area contributed by atoms with Crippen LogP contribution in [0.15, 0.2) is 42.5 Å². The minimum Gasteiger partial charge on any atom is -0.493 e. The highest BCUT2D eigenvalue weighted by atomic mass is 16.5. The van der Waals surface area contributed by atoms with Crippen molar-refractivity contribution in [2.45, 2.75) is 117 Å². The van der Waals surface area contributed by atoms with Crippen LogP contribution in [0.4, 0.5) is 0 Å². The number of hydrogen-bond acceptors (Lipinski definition) is 4. The van der Waals surface area contributed by atoms with Gasteiger partial charge in [-0.05, 0) is 67.5 Å². The molecule has 1 atom stereocenters. The molecule has 4 heteroatoms. The number of unbranched alkanes of at least 4 members (excludes halogenated alkanes) is 10. The second-order valence-electron chi connectivity index (χ2n) is 11.0. The van der Waals surface area contributed by atoms with Crippen molar-refractivity contribution in [1.82, 2.24) is 0 Å². The van der Waals surface area contributed by atoms with Crippen LogP contribution < -0.4 is 9.47 Å². The van der Waals surface area contributed by atoms with Gasteiger partial charge in [0.15, 0.2) is 0 Å². The largest absolute Gasteiger partial charge is 0.493 e. The van der Waals surface area contributed by atoms with E-state index in [0.29, 0.717) is 23.7 Å². The third-order valence-electron chi connectivity index (χ3n) is 7.90. The highest BCUT2D eigenvalue weighted by molar-refractivity contribution is 5.94. The zero-order valence-corrected chi connectivity index (χ0v) is 23.7. The van der Waals surface area contributed by atoms with Gasteiger partial charge in [-0.15, -0.1) is 0 Å². The molecule has 0 saturated heterocycles. The van der Waals surface area contributed by atoms with E-state index in [9.17, 15) is 10.1 Å². The van der Waals surface area contributed by atoms with Crippen LogP contribution in [0.2, 0.25) is 0 Å². The number of nitriles is 1. The van der Waals surface area contributed by atoms with Crippen molar-refractivity contribution in [3.05, 3.63) is 59.2 Å². The number of carbonyl (C=O) groups excluding carboxylic acids is 1. The third-order valence-corrected chi connectivity index (χ3v) is 7.90. The molecule has 1 aliphatic rings. The van der Waals surface area contributed by atoms with Crippen molar-refractivity contribution in [2.24, 2.45) is 5.41 Å². The van der Waals surface area contributed by atoms with Crippen molar-refractivity contribution in [3.63, 3.8) is 0 Å². The maximum absolute atomic E-state index is 13.0. The fraction of sp³-hybridized carbons (Fsp3) is 0.588. The minimum absolute atomic E-state index is 0.262. The molecular formula is C34H47NO3. The zero-order valence-electron chi connectivity index (χ0n) is 23.7. The summed E-state index contributed by atoms with van der Waals surface area (Å²) in [6.45, 7) is 5.07. The van der Waals surface area contributed by atoms with Crippen LogP contribution in [0.25, 0.3) is 0 Å². The van der Waals surface area contributed by atoms with Gasteiger partial charge in [0.05, 0.1) is 18.1 Å². The Kier molecular flexibility index (Phi) is 12.7. The number of fused-ring (bicyclic) bond motifs is 1. The molecule has 0 aliphatic heterocycles. The average molecular weight is 518 g/mol. The Bertz CT molecular complexity index is 1040. The van der Waals surface area contributed by atoms with E-state index in [0.717, 1.165) is 44.9 Å². The van der Waals surface area contributed by atoms with E-state index >= 15 is 0 Å². The zero-order chi connectivity index (χ0) is 27.1. The number of carbonyl (C=O) groups is 1. The van der Waals surface area contributed by atoms with Crippen LogP contribution in [0.5, 0.6) is 11.5 Å². The summed E-state index contributed by atoms with van der Waals surface area (Å²) >= 11 is 0. The summed E-state index contributed by atoms with van der Waals surface area (Å²) in [6.07, 6.45) is 18.1. The van der Waals surface area contributed by atoms with E-state index < -0.39 is 5.97 Å². The van der Waals surface area contributed by atoms with Gasteiger partial charge in [-0.1, -0.05) is 103 Å². The van der Waals surface area contributed by atoms with Crippen LogP contribution in [0.1, 0.15) is 125 Å². The predicted octanol–water partition coefficient (Wildman–Crippen LogP) is 9.39. The number of para-hydroxylation sites is 1. The van der Waals surface area contributed by atoms with E-state index in [4.69, 9.17) is 9.47 Å². The van der Waals surface area contributed by atoms with Crippen LogP contribution in [-0.4, -0.2) is 12.6 Å². The lowest BCUT2D eigenvalue weighted by atomic mass is 9.70. The van der Waals surface area contributed by atoms with Gasteiger partial charge in [0, 0.05) is 0 Å². The summed E-state index contributed by atoms with van der Waals surface area (Å²) in [7, 11) is 0. The maximum Gasteiger partial charge on any atom is 0.347 e. The molecule has 0 heterocycles. The summed E-state index contributed by atoms with van der Waals surface area (Å²) in [5.41, 5.74) is 2.60. The first kappa shape index (κ1) is 29.8. The number of nitrogens with zero attached hydrogens (tertiary/aromatic N) is 1. The lowest BCUT2D eigenvalue weighted by Crippen LogP contribution is -2.27. The maximum atomic E-state index is 13.0. The molecule has 0 radical (unpaired) electrons. The van der Waals surface area contributed by atoms with Crippen LogP contribution in [-0.2, 0) is 12.8 Å². The number of aryl methyl sites for hydroxylation is 1. The monoisotopic (exact) mass is 517 g/mol. The quantitative estimate of drug-likeness (QED) is 0.119. The van der Waals surface area contributed by atoms with Crippen molar-refractivity contribution in [1.29, 1.82) is 5.26 Å². The number of hydrogen-bond donors (Lipinski definition) is 0. The average Bonchev–Trinajstić information content (AvgIpc) is 2.94. The van der Waals surface area contributed by atoms with Gasteiger partial charge in [-0.25, -0.2) is 4.79 Å². The van der Waals surface area contributed by atoms with Crippen molar-refractivity contribution in [2.75, 3.05) is 6.61 Å². The fourth-order valence-electron chi connectivity index (χ4n) is 5.49. The lowest BCUT2D eigenvalue weighted by molar-refractivity contribution is 0.0730. The molecule has 2 aromatic rings. The molecule has 1 aliphatic carbocycles. The highest BCUT2D eigenvalue weighted by Crippen LogP contribution is 2.40. The normalized spacial score (nSPS) is 16.4. The number of benzene rings is 2. The SMILES string of the molecule is CCCCCCCCOc1ccccc1C(=O)Oc1ccc2c(c1)CCC(C#N)(CCCCCCCC)C2. The predicted molar refractivity (Wildman–Crippen MR) is 155 cm³/mol. The fourth-order valence-corrected chi connectivity index (χ4v) is 5.49. The van der Waals surface area contributed by atoms with Crippen molar-refractivity contribution >= 4 is 5.97 Å². The summed E-state index contributed by atoms with van der Waals surface area (Å²) in [4.78, 5) is 13.0. The summed E-state index contributed by atoms with van der Waals surface area (Å²) in [5.74, 6) is 0.742. The van der Waals surface area contributed by atoms with Crippen LogP contribution in [0.3, 0.4) is 0 Å². The van der Waals surface area contributed by atoms with Gasteiger partial charge in [-0.3, -0.25) is 0 Å². The Hall–Kier alpha value is -2.80. The Morgan fingerprint density at radius 3 is 2.29 bits per heavy atom. The molecule has 0 aromatic heterocycles. The third kappa shape index (κ3) is 9.19. The summed E-state index contributed by atoms with van der Waals surface area (Å²) < 4.78 is 11.7. The van der Waals surface area contributed by atoms with E-state index in [1.807, 2.05) is 36.4 Å². The number of ether oxygens (including phenoxy) is 2. The molecule has 2 aromatic carbocycles. The van der Waals surface area contributed by atoms with Gasteiger partial charge in [0.2, 0.25) is 0 Å². The first-order valence-electron chi connectivity index (χ1n) is 15.1. The van der Waals surface area contributed by atoms with E-state index in [-0.39, 0.29) is 5.41 Å². The Labute approximate surface area is 230 Å². The number of esters is 1. The van der Waals surface area contributed by atoms with Crippen molar-refractivity contribution < 1.29 is 14.3 Å². The van der Waals surface area contributed by atoms with Crippen LogP contribution >= 0.6 is 0 Å². The molecule has 4 nitrogen and oxygen atoms in total. The van der Waals surface area contributed by atoms with Gasteiger partial charge in [0.25, 0.3) is 0 Å². The topological polar surface area (TPSA) is 59.3 Å². The van der Waals surface area contributed by atoms with E-state index in [1.165, 1.54) is 68.9 Å². The lowest BCUT2D eigenvalue weighted by Gasteiger charge is -2.32. The first-order chi connectivity index (χ1) is 18.6. The Morgan fingerprint density at radius 1 is 0.868 bits per heavy atom. The minimum atomic E-state index is -0.395. The molecule has 1 unspecified atom stereocenters. The van der Waals surface area contributed by atoms with Crippen LogP contribution in [0, 0.1) is 16.7 Å². The summed E-state index contributed by atoms with van der Waals surface area (Å²) in [6, 6.07) is 15.9. The van der Waals surface area contributed by atoms with Gasteiger partial charge < -0.3 is 9.47 Å². The molecule has 0 fully saturated rings. The summed E-state index contributed by atoms with van der Waals surface area (Å²) in [5, 5.41) is 10.0. The second-order valence-corrected chi connectivity index (χ2v) is 11.0. The van der Waals surface area contributed by atoms with Crippen molar-refractivity contribution in [3.8, 4) is 17.6 Å². The molecule has 206 valence electrons. The standard InChI is InChI=1S/C34H47NO3/c1-3-5-7-9-11-15-22-34(27-35)23-21-28-25-30(20-19-29(28)26-34)38-33(36)31-17-13-14-18-32(31)37-24-16-12-10-8-6-4-2/h13-14,17-20,25H,3-12,15-16,21-24,26H2,1-2H3. The molecule has 0 amide bonds. The molecule has 38 heavy (non-hydrogen) atoms. The molecular weight excluding hydrogens is 470 g/mol. The molecule has 0 bridgehead atoms. The molecule has 3 rings (SSSR count). The first-order valence-corrected chi connectivity index (χ1v) is 15.1. The second kappa shape index (κ2) is 16.2. The van der Waals surface area contributed by atoms with E-state index in [1.54, 1.807) is 6.07 Å². The Balaban J connectivity index is 1.53. The molecule has 0 N–H and O–H groups in total. The highest BCUT2D eigenvalue weighted by Gasteiger charge is 2.34. The van der Waals surface area contributed by atoms with Gasteiger partial charge in [0.1, 0.15) is 17.1 Å². The number of rotatable bonds is 17. The Morgan fingerprint density at radius 2 is 1.55 bits per heavy atom.